The molecule has 2 nitrogen and oxygen atoms in total. The summed E-state index contributed by atoms with van der Waals surface area (Å²) in [4.78, 5) is 0. The number of nitrogens with one attached hydrogen (secondary N) is 1. The highest BCUT2D eigenvalue weighted by Gasteiger charge is 2.29. The Morgan fingerprint density at radius 2 is 2.45 bits per heavy atom. The van der Waals surface area contributed by atoms with Crippen molar-refractivity contribution in [2.45, 2.75) is 38.9 Å². The summed E-state index contributed by atoms with van der Waals surface area (Å²) < 4.78 is 5.80. The molecule has 0 aromatic rings. The molecule has 0 spiro atoms. The maximum atomic E-state index is 5.80. The quantitative estimate of drug-likeness (QED) is 0.652. The molecule has 1 heterocycles. The van der Waals surface area contributed by atoms with E-state index in [0.29, 0.717) is 6.10 Å². The largest absolute Gasteiger partial charge is 0.369 e. The Balaban J connectivity index is 2.41. The van der Waals surface area contributed by atoms with Crippen molar-refractivity contribution < 1.29 is 4.74 Å². The molecule has 1 saturated heterocycles. The van der Waals surface area contributed by atoms with E-state index in [1.54, 1.807) is 0 Å². The van der Waals surface area contributed by atoms with Crippen LogP contribution in [0.2, 0.25) is 0 Å². The van der Waals surface area contributed by atoms with Crippen molar-refractivity contribution in [2.75, 3.05) is 13.1 Å². The van der Waals surface area contributed by atoms with E-state index >= 15 is 0 Å². The lowest BCUT2D eigenvalue weighted by Crippen LogP contribution is -2.51. The molecular weight excluding hydrogens is 138 g/mol. The van der Waals surface area contributed by atoms with Gasteiger partial charge in [0.25, 0.3) is 0 Å². The first-order valence-electron chi connectivity index (χ1n) is 4.39. The molecule has 2 unspecified atom stereocenters. The molecule has 2 atom stereocenters. The van der Waals surface area contributed by atoms with Gasteiger partial charge in [-0.1, -0.05) is 13.3 Å². The predicted molar refractivity (Wildman–Crippen MR) is 46.4 cm³/mol. The zero-order valence-corrected chi connectivity index (χ0v) is 7.68. The third kappa shape index (κ3) is 2.46. The molecule has 0 amide bonds. The van der Waals surface area contributed by atoms with Gasteiger partial charge in [-0.05, 0) is 20.3 Å². The van der Waals surface area contributed by atoms with Crippen LogP contribution in [0.1, 0.15) is 27.2 Å². The lowest BCUT2D eigenvalue weighted by atomic mass is 9.98. The molecule has 0 aromatic heterocycles. The average molecular weight is 156 g/mol. The van der Waals surface area contributed by atoms with Crippen molar-refractivity contribution in [3.05, 3.63) is 6.42 Å². The second-order valence-electron chi connectivity index (χ2n) is 3.48. The van der Waals surface area contributed by atoms with Crippen molar-refractivity contribution in [1.82, 2.24) is 5.32 Å². The number of ether oxygens (including phenoxy) is 1. The average Bonchev–Trinajstić information content (AvgIpc) is 1.86. The van der Waals surface area contributed by atoms with Crippen molar-refractivity contribution in [3.63, 3.8) is 0 Å². The number of hydrogen-bond donors (Lipinski definition) is 1. The van der Waals surface area contributed by atoms with Crippen LogP contribution in [0.5, 0.6) is 0 Å². The standard InChI is InChI=1S/C9H18NO/c1-4-5-9(3)7-10-6-8(2)11-9/h5,8,10H,4,6-7H2,1-3H3. The highest BCUT2D eigenvalue weighted by Crippen LogP contribution is 2.20. The van der Waals surface area contributed by atoms with Crippen molar-refractivity contribution in [1.29, 1.82) is 0 Å². The molecule has 0 bridgehead atoms. The van der Waals surface area contributed by atoms with Gasteiger partial charge in [0, 0.05) is 13.1 Å². The lowest BCUT2D eigenvalue weighted by Gasteiger charge is -2.37. The highest BCUT2D eigenvalue weighted by atomic mass is 16.5. The van der Waals surface area contributed by atoms with Gasteiger partial charge in [-0.15, -0.1) is 0 Å². The smallest absolute Gasteiger partial charge is 0.0814 e. The van der Waals surface area contributed by atoms with Gasteiger partial charge >= 0.3 is 0 Å². The Morgan fingerprint density at radius 3 is 3.00 bits per heavy atom. The Kier molecular flexibility index (Phi) is 2.90. The van der Waals surface area contributed by atoms with Crippen molar-refractivity contribution in [3.8, 4) is 0 Å². The molecule has 11 heavy (non-hydrogen) atoms. The third-order valence-corrected chi connectivity index (χ3v) is 2.01. The minimum Gasteiger partial charge on any atom is -0.369 e. The molecular formula is C9H18NO. The summed E-state index contributed by atoms with van der Waals surface area (Å²) in [6.45, 7) is 8.32. The molecule has 0 aromatic carbocycles. The highest BCUT2D eigenvalue weighted by molar-refractivity contribution is 4.95. The second kappa shape index (κ2) is 3.55. The summed E-state index contributed by atoms with van der Waals surface area (Å²) in [5.41, 5.74) is -0.0353. The van der Waals surface area contributed by atoms with Gasteiger partial charge in [0.1, 0.15) is 0 Å². The van der Waals surface area contributed by atoms with E-state index in [2.05, 4.69) is 32.5 Å². The van der Waals surface area contributed by atoms with Crippen LogP contribution in [-0.4, -0.2) is 24.8 Å². The molecule has 0 saturated carbocycles. The number of rotatable bonds is 2. The second-order valence-corrected chi connectivity index (χ2v) is 3.48. The molecule has 1 fully saturated rings. The molecule has 65 valence electrons. The van der Waals surface area contributed by atoms with E-state index in [-0.39, 0.29) is 5.60 Å². The summed E-state index contributed by atoms with van der Waals surface area (Å²) in [6, 6.07) is 0. The monoisotopic (exact) mass is 156 g/mol. The van der Waals surface area contributed by atoms with Gasteiger partial charge < -0.3 is 10.1 Å². The van der Waals surface area contributed by atoms with Crippen LogP contribution in [0.3, 0.4) is 0 Å². The number of morpholine rings is 1. The van der Waals surface area contributed by atoms with Crippen LogP contribution in [0.4, 0.5) is 0 Å². The van der Waals surface area contributed by atoms with Crippen molar-refractivity contribution >= 4 is 0 Å². The van der Waals surface area contributed by atoms with Crippen molar-refractivity contribution in [2.24, 2.45) is 0 Å². The van der Waals surface area contributed by atoms with E-state index in [1.165, 1.54) is 0 Å². The molecule has 0 aliphatic carbocycles. The first-order valence-corrected chi connectivity index (χ1v) is 4.39. The molecule has 1 aliphatic heterocycles. The fraction of sp³-hybridized carbons (Fsp3) is 0.889. The Morgan fingerprint density at radius 1 is 1.73 bits per heavy atom. The third-order valence-electron chi connectivity index (χ3n) is 2.01. The molecule has 2 heteroatoms. The van der Waals surface area contributed by atoms with Crippen LogP contribution in [0.15, 0.2) is 0 Å². The summed E-state index contributed by atoms with van der Waals surface area (Å²) in [5.74, 6) is 0. The van der Waals surface area contributed by atoms with Crippen LogP contribution >= 0.6 is 0 Å². The number of hydrogen-bond acceptors (Lipinski definition) is 2. The topological polar surface area (TPSA) is 21.3 Å². The molecule has 1 N–H and O–H groups in total. The SMILES string of the molecule is CC[CH]C1(C)CNCC(C)O1. The van der Waals surface area contributed by atoms with E-state index in [4.69, 9.17) is 4.74 Å². The first kappa shape index (κ1) is 9.01. The van der Waals surface area contributed by atoms with E-state index < -0.39 is 0 Å². The first-order chi connectivity index (χ1) is 5.16. The van der Waals surface area contributed by atoms with Crippen LogP contribution in [-0.2, 0) is 4.74 Å². The van der Waals surface area contributed by atoms with Gasteiger partial charge in [0.2, 0.25) is 0 Å². The fourth-order valence-corrected chi connectivity index (χ4v) is 1.62. The fourth-order valence-electron chi connectivity index (χ4n) is 1.62. The van der Waals surface area contributed by atoms with E-state index in [1.807, 2.05) is 0 Å². The minimum absolute atomic E-state index is 0.0353. The lowest BCUT2D eigenvalue weighted by molar-refractivity contribution is -0.0778. The Labute approximate surface area is 69.3 Å². The maximum Gasteiger partial charge on any atom is 0.0814 e. The van der Waals surface area contributed by atoms with Crippen LogP contribution in [0.25, 0.3) is 0 Å². The van der Waals surface area contributed by atoms with Crippen LogP contribution in [0, 0.1) is 6.42 Å². The normalized spacial score (nSPS) is 39.0. The summed E-state index contributed by atoms with van der Waals surface area (Å²) >= 11 is 0. The van der Waals surface area contributed by atoms with Crippen LogP contribution < -0.4 is 5.32 Å². The zero-order chi connectivity index (χ0) is 8.32. The molecule has 1 aliphatic rings. The summed E-state index contributed by atoms with van der Waals surface area (Å²) in [7, 11) is 0. The Bertz CT molecular complexity index is 123. The molecule has 1 radical (unpaired) electrons. The minimum atomic E-state index is -0.0353. The Hall–Kier alpha value is -0.0800. The van der Waals surface area contributed by atoms with Gasteiger partial charge in [-0.2, -0.15) is 0 Å². The summed E-state index contributed by atoms with van der Waals surface area (Å²) in [6.07, 6.45) is 3.65. The van der Waals surface area contributed by atoms with Gasteiger partial charge in [0.05, 0.1) is 11.7 Å². The van der Waals surface area contributed by atoms with E-state index in [0.717, 1.165) is 19.5 Å². The van der Waals surface area contributed by atoms with Gasteiger partial charge in [0.15, 0.2) is 0 Å². The van der Waals surface area contributed by atoms with Gasteiger partial charge in [-0.25, -0.2) is 0 Å². The molecule has 1 rings (SSSR count). The predicted octanol–water partition coefficient (Wildman–Crippen LogP) is 1.37. The maximum absolute atomic E-state index is 5.80. The zero-order valence-electron chi connectivity index (χ0n) is 7.68. The summed E-state index contributed by atoms with van der Waals surface area (Å²) in [5, 5.41) is 3.35. The van der Waals surface area contributed by atoms with Gasteiger partial charge in [-0.3, -0.25) is 0 Å². The van der Waals surface area contributed by atoms with E-state index in [9.17, 15) is 0 Å².